The lowest BCUT2D eigenvalue weighted by Crippen LogP contribution is -2.19. The molecule has 1 saturated carbocycles. The number of rotatable bonds is 2. The van der Waals surface area contributed by atoms with Gasteiger partial charge in [0.2, 0.25) is 0 Å². The van der Waals surface area contributed by atoms with Gasteiger partial charge in [0.15, 0.2) is 0 Å². The summed E-state index contributed by atoms with van der Waals surface area (Å²) in [6, 6.07) is 8.58. The summed E-state index contributed by atoms with van der Waals surface area (Å²) in [6.07, 6.45) is 4.75. The molecule has 1 aromatic heterocycles. The number of hydrogen-bond acceptors (Lipinski definition) is 1. The monoisotopic (exact) mass is 200 g/mol. The first-order valence-corrected chi connectivity index (χ1v) is 5.51. The topological polar surface area (TPSA) is 30.9 Å². The molecule has 2 heteroatoms. The zero-order valence-electron chi connectivity index (χ0n) is 9.03. The zero-order valence-corrected chi connectivity index (χ0v) is 9.03. The largest absolute Gasteiger partial charge is 0.350 e. The molecule has 15 heavy (non-hydrogen) atoms. The summed E-state index contributed by atoms with van der Waals surface area (Å²) in [4.78, 5) is 0. The van der Waals surface area contributed by atoms with Crippen LogP contribution in [-0.4, -0.2) is 11.1 Å². The van der Waals surface area contributed by atoms with E-state index in [0.717, 1.165) is 6.54 Å². The van der Waals surface area contributed by atoms with Gasteiger partial charge >= 0.3 is 0 Å². The van der Waals surface area contributed by atoms with Gasteiger partial charge in [-0.2, -0.15) is 0 Å². The Morgan fingerprint density at radius 2 is 2.07 bits per heavy atom. The molecule has 1 heterocycles. The molecule has 2 aromatic rings. The fraction of sp³-hybridized carbons (Fsp3) is 0.385. The number of nitrogens with zero attached hydrogens (tertiary/aromatic N) is 1. The first-order valence-electron chi connectivity index (χ1n) is 5.51. The minimum Gasteiger partial charge on any atom is -0.350 e. The van der Waals surface area contributed by atoms with Crippen molar-refractivity contribution in [2.45, 2.75) is 18.3 Å². The number of hydrogen-bond donors (Lipinski definition) is 1. The Morgan fingerprint density at radius 1 is 1.33 bits per heavy atom. The summed E-state index contributed by atoms with van der Waals surface area (Å²) in [5.74, 6) is 0. The predicted octanol–water partition coefficient (Wildman–Crippen LogP) is 2.17. The Hall–Kier alpha value is -1.28. The minimum atomic E-state index is 0.293. The first kappa shape index (κ1) is 8.98. The van der Waals surface area contributed by atoms with Crippen LogP contribution in [0.3, 0.4) is 0 Å². The second-order valence-corrected chi connectivity index (χ2v) is 4.66. The Balaban J connectivity index is 2.28. The number of benzene rings is 1. The first-order chi connectivity index (χ1) is 7.27. The van der Waals surface area contributed by atoms with Crippen molar-refractivity contribution in [3.8, 4) is 0 Å². The lowest BCUT2D eigenvalue weighted by molar-refractivity contribution is 0.706. The fourth-order valence-corrected chi connectivity index (χ4v) is 2.50. The highest BCUT2D eigenvalue weighted by Crippen LogP contribution is 2.49. The summed E-state index contributed by atoms with van der Waals surface area (Å²) in [5.41, 5.74) is 8.94. The van der Waals surface area contributed by atoms with Gasteiger partial charge in [-0.3, -0.25) is 0 Å². The van der Waals surface area contributed by atoms with E-state index in [2.05, 4.69) is 42.1 Å². The summed E-state index contributed by atoms with van der Waals surface area (Å²) in [5, 5.41) is 1.38. The van der Waals surface area contributed by atoms with E-state index in [9.17, 15) is 0 Å². The van der Waals surface area contributed by atoms with Crippen LogP contribution in [0.15, 0.2) is 30.5 Å². The van der Waals surface area contributed by atoms with Crippen molar-refractivity contribution in [3.63, 3.8) is 0 Å². The number of fused-ring (bicyclic) bond motifs is 1. The molecule has 78 valence electrons. The van der Waals surface area contributed by atoms with Gasteiger partial charge in [-0.1, -0.05) is 18.2 Å². The average molecular weight is 200 g/mol. The highest BCUT2D eigenvalue weighted by atomic mass is 14.9. The van der Waals surface area contributed by atoms with Crippen LogP contribution in [0.4, 0.5) is 0 Å². The Labute approximate surface area is 89.7 Å². The maximum absolute atomic E-state index is 5.89. The van der Waals surface area contributed by atoms with Crippen molar-refractivity contribution in [1.82, 2.24) is 4.57 Å². The van der Waals surface area contributed by atoms with Crippen LogP contribution >= 0.6 is 0 Å². The van der Waals surface area contributed by atoms with Crippen LogP contribution in [0.1, 0.15) is 18.4 Å². The Morgan fingerprint density at radius 3 is 2.73 bits per heavy atom. The van der Waals surface area contributed by atoms with E-state index in [0.29, 0.717) is 5.41 Å². The standard InChI is InChI=1S/C13H16N2/c1-15-8-11(13(9-14)6-7-13)10-4-2-3-5-12(10)15/h2-5,8H,6-7,9,14H2,1H3. The van der Waals surface area contributed by atoms with E-state index in [1.54, 1.807) is 0 Å². The van der Waals surface area contributed by atoms with Crippen LogP contribution in [0.25, 0.3) is 10.9 Å². The van der Waals surface area contributed by atoms with Gasteiger partial charge in [0.25, 0.3) is 0 Å². The van der Waals surface area contributed by atoms with Gasteiger partial charge in [0, 0.05) is 36.1 Å². The van der Waals surface area contributed by atoms with Gasteiger partial charge in [-0.25, -0.2) is 0 Å². The number of nitrogens with two attached hydrogens (primary N) is 1. The van der Waals surface area contributed by atoms with Crippen LogP contribution in [0.5, 0.6) is 0 Å². The molecule has 0 bridgehead atoms. The van der Waals surface area contributed by atoms with Crippen molar-refractivity contribution < 1.29 is 0 Å². The second kappa shape index (κ2) is 2.86. The molecule has 1 aliphatic carbocycles. The number of para-hydroxylation sites is 1. The third-order valence-electron chi connectivity index (χ3n) is 3.71. The van der Waals surface area contributed by atoms with Crippen LogP contribution in [0, 0.1) is 0 Å². The van der Waals surface area contributed by atoms with E-state index in [1.807, 2.05) is 0 Å². The molecule has 0 saturated heterocycles. The average Bonchev–Trinajstić information content (AvgIpc) is 3.00. The van der Waals surface area contributed by atoms with E-state index in [-0.39, 0.29) is 0 Å². The van der Waals surface area contributed by atoms with Gasteiger partial charge in [0.1, 0.15) is 0 Å². The van der Waals surface area contributed by atoms with Crippen LogP contribution in [-0.2, 0) is 12.5 Å². The van der Waals surface area contributed by atoms with Crippen molar-refractivity contribution >= 4 is 10.9 Å². The molecule has 0 radical (unpaired) electrons. The molecule has 0 unspecified atom stereocenters. The van der Waals surface area contributed by atoms with Crippen molar-refractivity contribution in [2.75, 3.05) is 6.54 Å². The van der Waals surface area contributed by atoms with E-state index in [4.69, 9.17) is 5.73 Å². The summed E-state index contributed by atoms with van der Waals surface area (Å²) >= 11 is 0. The van der Waals surface area contributed by atoms with Crippen molar-refractivity contribution in [1.29, 1.82) is 0 Å². The Kier molecular flexibility index (Phi) is 1.71. The summed E-state index contributed by atoms with van der Waals surface area (Å²) < 4.78 is 2.21. The SMILES string of the molecule is Cn1cc(C2(CN)CC2)c2ccccc21. The molecule has 2 nitrogen and oxygen atoms in total. The molecular formula is C13H16N2. The minimum absolute atomic E-state index is 0.293. The zero-order chi connectivity index (χ0) is 10.5. The number of aryl methyl sites for hydroxylation is 1. The fourth-order valence-electron chi connectivity index (χ4n) is 2.50. The molecule has 3 rings (SSSR count). The molecule has 1 aliphatic rings. The predicted molar refractivity (Wildman–Crippen MR) is 62.9 cm³/mol. The molecule has 0 atom stereocenters. The highest BCUT2D eigenvalue weighted by Gasteiger charge is 2.44. The molecule has 0 amide bonds. The number of aromatic nitrogens is 1. The van der Waals surface area contributed by atoms with E-state index in [1.165, 1.54) is 29.3 Å². The highest BCUT2D eigenvalue weighted by molar-refractivity contribution is 5.85. The van der Waals surface area contributed by atoms with Gasteiger partial charge < -0.3 is 10.3 Å². The second-order valence-electron chi connectivity index (χ2n) is 4.66. The van der Waals surface area contributed by atoms with Gasteiger partial charge in [0.05, 0.1) is 0 Å². The lowest BCUT2D eigenvalue weighted by atomic mass is 9.96. The quantitative estimate of drug-likeness (QED) is 0.791. The van der Waals surface area contributed by atoms with Gasteiger partial charge in [-0.05, 0) is 24.5 Å². The third-order valence-corrected chi connectivity index (χ3v) is 3.71. The van der Waals surface area contributed by atoms with Crippen molar-refractivity contribution in [2.24, 2.45) is 12.8 Å². The van der Waals surface area contributed by atoms with E-state index < -0.39 is 0 Å². The van der Waals surface area contributed by atoms with Crippen molar-refractivity contribution in [3.05, 3.63) is 36.0 Å². The molecule has 2 N–H and O–H groups in total. The summed E-state index contributed by atoms with van der Waals surface area (Å²) in [6.45, 7) is 0.779. The molecular weight excluding hydrogens is 184 g/mol. The molecule has 0 spiro atoms. The third kappa shape index (κ3) is 1.15. The van der Waals surface area contributed by atoms with E-state index >= 15 is 0 Å². The molecule has 0 aliphatic heterocycles. The maximum Gasteiger partial charge on any atom is 0.0480 e. The summed E-state index contributed by atoms with van der Waals surface area (Å²) in [7, 11) is 2.11. The molecule has 1 aromatic carbocycles. The Bertz CT molecular complexity index is 506. The smallest absolute Gasteiger partial charge is 0.0480 e. The van der Waals surface area contributed by atoms with Crippen LogP contribution in [0.2, 0.25) is 0 Å². The lowest BCUT2D eigenvalue weighted by Gasteiger charge is -2.10. The normalized spacial score (nSPS) is 18.3. The maximum atomic E-state index is 5.89. The molecule has 1 fully saturated rings. The van der Waals surface area contributed by atoms with Gasteiger partial charge in [-0.15, -0.1) is 0 Å². The van der Waals surface area contributed by atoms with Crippen LogP contribution < -0.4 is 5.73 Å².